The maximum Gasteiger partial charge on any atom is 0.216 e. The molecular formula is C21H36N2O6. The highest BCUT2D eigenvalue weighted by Gasteiger charge is 2.19. The van der Waals surface area contributed by atoms with Gasteiger partial charge >= 0.3 is 0 Å². The predicted octanol–water partition coefficient (Wildman–Crippen LogP) is 0.713. The summed E-state index contributed by atoms with van der Waals surface area (Å²) >= 11 is 0. The van der Waals surface area contributed by atoms with Gasteiger partial charge < -0.3 is 35.3 Å². The van der Waals surface area contributed by atoms with Gasteiger partial charge in [0.1, 0.15) is 12.6 Å². The van der Waals surface area contributed by atoms with Gasteiger partial charge in [0.15, 0.2) is 0 Å². The molecule has 166 valence electrons. The maximum absolute atomic E-state index is 9.10. The van der Waals surface area contributed by atoms with Gasteiger partial charge in [0, 0.05) is 18.8 Å². The number of nitrogens with zero attached hydrogens (tertiary/aromatic N) is 1. The molecule has 0 amide bonds. The zero-order chi connectivity index (χ0) is 21.5. The third kappa shape index (κ3) is 12.6. The van der Waals surface area contributed by atoms with Crippen LogP contribution in [0.4, 0.5) is 0 Å². The Morgan fingerprint density at radius 3 is 2.31 bits per heavy atom. The summed E-state index contributed by atoms with van der Waals surface area (Å²) in [5.41, 5.74) is 6.36. The van der Waals surface area contributed by atoms with Crippen LogP contribution in [0.1, 0.15) is 32.3 Å². The molecule has 8 nitrogen and oxygen atoms in total. The lowest BCUT2D eigenvalue weighted by molar-refractivity contribution is 0.0712. The van der Waals surface area contributed by atoms with E-state index in [4.69, 9.17) is 35.3 Å². The van der Waals surface area contributed by atoms with Crippen molar-refractivity contribution in [1.29, 1.82) is 0 Å². The molecule has 0 radical (unpaired) electrons. The number of rotatable bonds is 12. The summed E-state index contributed by atoms with van der Waals surface area (Å²) in [6.45, 7) is 5.92. The summed E-state index contributed by atoms with van der Waals surface area (Å²) in [5.74, 6) is 0.694. The molecule has 0 fully saturated rings. The lowest BCUT2D eigenvalue weighted by Crippen LogP contribution is -2.30. The number of nitrogens with two attached hydrogens (primary N) is 1. The molecule has 0 saturated carbocycles. The average molecular weight is 413 g/mol. The van der Waals surface area contributed by atoms with Crippen LogP contribution in [-0.2, 0) is 14.2 Å². The minimum absolute atomic E-state index is 0.0608. The van der Waals surface area contributed by atoms with Crippen molar-refractivity contribution in [2.75, 3.05) is 39.6 Å². The van der Waals surface area contributed by atoms with Crippen LogP contribution in [0.2, 0.25) is 0 Å². The second kappa shape index (κ2) is 15.3. The monoisotopic (exact) mass is 412 g/mol. The summed E-state index contributed by atoms with van der Waals surface area (Å²) in [5, 5.41) is 26.4. The van der Waals surface area contributed by atoms with Gasteiger partial charge in [-0.25, -0.2) is 4.99 Å². The first-order valence-electron chi connectivity index (χ1n) is 10.1. The molecule has 1 aliphatic rings. The second-order valence-corrected chi connectivity index (χ2v) is 7.13. The Morgan fingerprint density at radius 2 is 1.72 bits per heavy atom. The van der Waals surface area contributed by atoms with Crippen LogP contribution in [0.25, 0.3) is 0 Å². The SMILES string of the molecule is C[C@@H](O)CCOC[C@H](N)CO.C[C@@H](O)CCOC[C@H]1COC(c2ccccc2)=N1. The van der Waals surface area contributed by atoms with Crippen molar-refractivity contribution < 1.29 is 29.5 Å². The summed E-state index contributed by atoms with van der Waals surface area (Å²) in [4.78, 5) is 4.48. The molecule has 1 aliphatic heterocycles. The molecule has 1 aromatic rings. The highest BCUT2D eigenvalue weighted by Crippen LogP contribution is 2.12. The molecule has 0 saturated heterocycles. The standard InChI is InChI=1S/C14H19NO3.C7H17NO3/c1-11(16)7-8-17-9-13-10-18-14(15-13)12-5-3-2-4-6-12;1-6(10)2-3-11-5-7(8)4-9/h2-6,11,13,16H,7-10H2,1H3;6-7,9-10H,2-5,8H2,1H3/t11-,13+;6-,7-/m11/s1. The Hall–Kier alpha value is -1.55. The Kier molecular flexibility index (Phi) is 13.5. The number of hydrogen-bond acceptors (Lipinski definition) is 8. The molecule has 1 heterocycles. The Bertz CT molecular complexity index is 553. The average Bonchev–Trinajstić information content (AvgIpc) is 3.18. The van der Waals surface area contributed by atoms with E-state index < -0.39 is 0 Å². The fourth-order valence-electron chi connectivity index (χ4n) is 2.25. The quantitative estimate of drug-likeness (QED) is 0.373. The molecule has 0 bridgehead atoms. The number of aliphatic hydroxyl groups is 3. The van der Waals surface area contributed by atoms with E-state index in [2.05, 4.69) is 4.99 Å². The second-order valence-electron chi connectivity index (χ2n) is 7.13. The van der Waals surface area contributed by atoms with E-state index in [0.29, 0.717) is 51.8 Å². The highest BCUT2D eigenvalue weighted by molar-refractivity contribution is 5.95. The van der Waals surface area contributed by atoms with Crippen LogP contribution in [-0.4, -0.2) is 85.2 Å². The molecule has 0 spiro atoms. The molecule has 0 aliphatic carbocycles. The van der Waals surface area contributed by atoms with Gasteiger partial charge in [0.25, 0.3) is 0 Å². The van der Waals surface area contributed by atoms with E-state index in [9.17, 15) is 0 Å². The maximum atomic E-state index is 9.10. The van der Waals surface area contributed by atoms with Crippen LogP contribution < -0.4 is 5.73 Å². The lowest BCUT2D eigenvalue weighted by Gasteiger charge is -2.09. The minimum Gasteiger partial charge on any atom is -0.475 e. The molecule has 0 aromatic heterocycles. The van der Waals surface area contributed by atoms with Gasteiger partial charge in [0.2, 0.25) is 5.90 Å². The first-order valence-corrected chi connectivity index (χ1v) is 10.1. The minimum atomic E-state index is -0.333. The Morgan fingerprint density at radius 1 is 1.10 bits per heavy atom. The van der Waals surface area contributed by atoms with Gasteiger partial charge in [-0.05, 0) is 38.8 Å². The number of hydrogen-bond donors (Lipinski definition) is 4. The number of aliphatic hydroxyl groups excluding tert-OH is 3. The number of aliphatic imine (C=N–C) groups is 1. The lowest BCUT2D eigenvalue weighted by atomic mass is 10.2. The van der Waals surface area contributed by atoms with Crippen LogP contribution in [0.3, 0.4) is 0 Å². The van der Waals surface area contributed by atoms with Crippen molar-refractivity contribution in [2.24, 2.45) is 10.7 Å². The molecule has 2 rings (SSSR count). The smallest absolute Gasteiger partial charge is 0.216 e. The Balaban J connectivity index is 0.000000331. The molecule has 8 heteroatoms. The summed E-state index contributed by atoms with van der Waals surface area (Å²) in [7, 11) is 0. The molecule has 29 heavy (non-hydrogen) atoms. The van der Waals surface area contributed by atoms with Crippen LogP contribution in [0, 0.1) is 0 Å². The van der Waals surface area contributed by atoms with E-state index in [1.165, 1.54) is 0 Å². The van der Waals surface area contributed by atoms with Crippen LogP contribution >= 0.6 is 0 Å². The molecule has 1 aromatic carbocycles. The van der Waals surface area contributed by atoms with Crippen molar-refractivity contribution in [2.45, 2.75) is 51.0 Å². The van der Waals surface area contributed by atoms with Crippen molar-refractivity contribution in [3.8, 4) is 0 Å². The predicted molar refractivity (Wildman–Crippen MR) is 112 cm³/mol. The molecule has 0 unspecified atom stereocenters. The molecular weight excluding hydrogens is 376 g/mol. The topological polar surface area (TPSA) is 127 Å². The summed E-state index contributed by atoms with van der Waals surface area (Å²) in [6.07, 6.45) is 0.620. The largest absolute Gasteiger partial charge is 0.475 e. The van der Waals surface area contributed by atoms with Gasteiger partial charge in [-0.2, -0.15) is 0 Å². The summed E-state index contributed by atoms with van der Waals surface area (Å²) in [6, 6.07) is 9.63. The normalized spacial score (nSPS) is 18.8. The van der Waals surface area contributed by atoms with E-state index in [1.807, 2.05) is 30.3 Å². The highest BCUT2D eigenvalue weighted by atomic mass is 16.5. The third-order valence-electron chi connectivity index (χ3n) is 3.97. The number of benzene rings is 1. The molecule has 4 atom stereocenters. The van der Waals surface area contributed by atoms with Crippen LogP contribution in [0.15, 0.2) is 35.3 Å². The van der Waals surface area contributed by atoms with Crippen molar-refractivity contribution in [1.82, 2.24) is 0 Å². The number of ether oxygens (including phenoxy) is 3. The fourth-order valence-corrected chi connectivity index (χ4v) is 2.25. The van der Waals surface area contributed by atoms with E-state index in [1.54, 1.807) is 13.8 Å². The van der Waals surface area contributed by atoms with E-state index >= 15 is 0 Å². The van der Waals surface area contributed by atoms with E-state index in [-0.39, 0.29) is 30.9 Å². The van der Waals surface area contributed by atoms with Gasteiger partial charge in [-0.15, -0.1) is 0 Å². The fraction of sp³-hybridized carbons (Fsp3) is 0.667. The summed E-state index contributed by atoms with van der Waals surface area (Å²) < 4.78 is 16.1. The van der Waals surface area contributed by atoms with Gasteiger partial charge in [-0.1, -0.05) is 18.2 Å². The third-order valence-corrected chi connectivity index (χ3v) is 3.97. The van der Waals surface area contributed by atoms with Crippen LogP contribution in [0.5, 0.6) is 0 Å². The zero-order valence-corrected chi connectivity index (χ0v) is 17.4. The van der Waals surface area contributed by atoms with Gasteiger partial charge in [-0.3, -0.25) is 0 Å². The van der Waals surface area contributed by atoms with E-state index in [0.717, 1.165) is 5.56 Å². The zero-order valence-electron chi connectivity index (χ0n) is 17.4. The molecule has 5 N–H and O–H groups in total. The first-order chi connectivity index (χ1) is 13.9. The Labute approximate surface area is 173 Å². The van der Waals surface area contributed by atoms with Gasteiger partial charge in [0.05, 0.1) is 38.1 Å². The first kappa shape index (κ1) is 25.5. The van der Waals surface area contributed by atoms with Crippen molar-refractivity contribution in [3.05, 3.63) is 35.9 Å². The van der Waals surface area contributed by atoms with Crippen molar-refractivity contribution in [3.63, 3.8) is 0 Å². The van der Waals surface area contributed by atoms with Crippen molar-refractivity contribution >= 4 is 5.90 Å².